The fourth-order valence-electron chi connectivity index (χ4n) is 1.94. The van der Waals surface area contributed by atoms with Gasteiger partial charge in [-0.2, -0.15) is 0 Å². The van der Waals surface area contributed by atoms with Crippen LogP contribution < -0.4 is 5.73 Å². The minimum Gasteiger partial charge on any atom is -0.367 e. The van der Waals surface area contributed by atoms with Gasteiger partial charge >= 0.3 is 0 Å². The van der Waals surface area contributed by atoms with Crippen LogP contribution in [0.5, 0.6) is 0 Å². The van der Waals surface area contributed by atoms with Crippen LogP contribution in [0.1, 0.15) is 0 Å². The third kappa shape index (κ3) is 1.86. The van der Waals surface area contributed by atoms with Gasteiger partial charge in [-0.15, -0.1) is 0 Å². The maximum absolute atomic E-state index is 5.69. The molecule has 2 aromatic carbocycles. The fraction of sp³-hybridized carbons (Fsp3) is 0. The Morgan fingerprint density at radius 1 is 0.778 bits per heavy atom. The topological polar surface area (TPSA) is 52.0 Å². The first-order valence-corrected chi connectivity index (χ1v) is 5.70. The van der Waals surface area contributed by atoms with Crippen molar-refractivity contribution >= 4 is 5.88 Å². The first-order chi connectivity index (χ1) is 8.84. The Bertz CT molecular complexity index is 642. The highest BCUT2D eigenvalue weighted by atomic mass is 16.5. The van der Waals surface area contributed by atoms with Gasteiger partial charge in [-0.3, -0.25) is 0 Å². The van der Waals surface area contributed by atoms with Crippen LogP contribution in [-0.2, 0) is 0 Å². The van der Waals surface area contributed by atoms with Gasteiger partial charge in [0.15, 0.2) is 0 Å². The Morgan fingerprint density at radius 2 is 1.39 bits per heavy atom. The van der Waals surface area contributed by atoms with E-state index in [4.69, 9.17) is 10.3 Å². The van der Waals surface area contributed by atoms with Crippen LogP contribution in [0.4, 0.5) is 5.88 Å². The summed E-state index contributed by atoms with van der Waals surface area (Å²) in [6, 6.07) is 18.4. The van der Waals surface area contributed by atoms with Crippen LogP contribution in [0.2, 0.25) is 0 Å². The Balaban J connectivity index is 1.97. The van der Waals surface area contributed by atoms with Crippen LogP contribution in [0.3, 0.4) is 0 Å². The molecule has 1 aromatic heterocycles. The van der Waals surface area contributed by atoms with Crippen molar-refractivity contribution in [3.63, 3.8) is 0 Å². The summed E-state index contributed by atoms with van der Waals surface area (Å²) in [5.74, 6) is 0.350. The standard InChI is InChI=1S/C15H12N2O/c16-15-14(10-17-18-15)13-8-6-12(7-9-13)11-4-2-1-3-5-11/h1-10H,16H2. The first kappa shape index (κ1) is 10.6. The Morgan fingerprint density at radius 3 is 2.00 bits per heavy atom. The number of anilines is 1. The highest BCUT2D eigenvalue weighted by molar-refractivity contribution is 5.74. The van der Waals surface area contributed by atoms with E-state index < -0.39 is 0 Å². The molecule has 0 spiro atoms. The van der Waals surface area contributed by atoms with Gasteiger partial charge in [0.1, 0.15) is 0 Å². The van der Waals surface area contributed by atoms with Crippen LogP contribution in [0.25, 0.3) is 22.3 Å². The monoisotopic (exact) mass is 236 g/mol. The molecule has 3 nitrogen and oxygen atoms in total. The molecule has 0 radical (unpaired) electrons. The van der Waals surface area contributed by atoms with E-state index in [1.807, 2.05) is 30.3 Å². The Kier molecular flexibility index (Phi) is 2.57. The summed E-state index contributed by atoms with van der Waals surface area (Å²) in [5.41, 5.74) is 9.90. The van der Waals surface area contributed by atoms with Gasteiger partial charge in [0, 0.05) is 0 Å². The predicted octanol–water partition coefficient (Wildman–Crippen LogP) is 3.59. The summed E-state index contributed by atoms with van der Waals surface area (Å²) in [5, 5.41) is 3.68. The van der Waals surface area contributed by atoms with Crippen molar-refractivity contribution in [1.29, 1.82) is 0 Å². The molecule has 0 fully saturated rings. The van der Waals surface area contributed by atoms with Gasteiger partial charge in [0.2, 0.25) is 5.88 Å². The zero-order valence-corrected chi connectivity index (χ0v) is 9.71. The van der Waals surface area contributed by atoms with E-state index in [2.05, 4.69) is 29.4 Å². The summed E-state index contributed by atoms with van der Waals surface area (Å²) >= 11 is 0. The molecular weight excluding hydrogens is 224 g/mol. The van der Waals surface area contributed by atoms with Crippen LogP contribution in [0.15, 0.2) is 65.3 Å². The number of nitrogens with two attached hydrogens (primary N) is 1. The van der Waals surface area contributed by atoms with Crippen molar-refractivity contribution in [2.24, 2.45) is 0 Å². The number of benzene rings is 2. The summed E-state index contributed by atoms with van der Waals surface area (Å²) in [4.78, 5) is 0. The van der Waals surface area contributed by atoms with Crippen molar-refractivity contribution in [3.05, 3.63) is 60.8 Å². The highest BCUT2D eigenvalue weighted by Crippen LogP contribution is 2.27. The second kappa shape index (κ2) is 4.37. The molecular formula is C15H12N2O. The van der Waals surface area contributed by atoms with E-state index in [0.717, 1.165) is 11.1 Å². The quantitative estimate of drug-likeness (QED) is 0.739. The molecule has 0 aliphatic carbocycles. The van der Waals surface area contributed by atoms with Crippen LogP contribution >= 0.6 is 0 Å². The zero-order chi connectivity index (χ0) is 12.4. The normalized spacial score (nSPS) is 10.4. The van der Waals surface area contributed by atoms with Gasteiger partial charge in [-0.1, -0.05) is 59.8 Å². The molecule has 0 saturated carbocycles. The molecule has 0 aliphatic heterocycles. The molecule has 3 aromatic rings. The maximum atomic E-state index is 5.69. The van der Waals surface area contributed by atoms with Crippen molar-refractivity contribution in [1.82, 2.24) is 5.16 Å². The number of hydrogen-bond donors (Lipinski definition) is 1. The molecule has 0 atom stereocenters. The Hall–Kier alpha value is -2.55. The lowest BCUT2D eigenvalue weighted by Gasteiger charge is -2.03. The average Bonchev–Trinajstić information content (AvgIpc) is 2.86. The SMILES string of the molecule is Nc1oncc1-c1ccc(-c2ccccc2)cc1. The van der Waals surface area contributed by atoms with E-state index >= 15 is 0 Å². The zero-order valence-electron chi connectivity index (χ0n) is 9.71. The molecule has 88 valence electrons. The van der Waals surface area contributed by atoms with Gasteiger partial charge in [-0.25, -0.2) is 0 Å². The second-order valence-electron chi connectivity index (χ2n) is 4.05. The van der Waals surface area contributed by atoms with E-state index in [1.54, 1.807) is 6.20 Å². The average molecular weight is 236 g/mol. The molecule has 0 amide bonds. The minimum atomic E-state index is 0.350. The van der Waals surface area contributed by atoms with E-state index in [-0.39, 0.29) is 0 Å². The lowest BCUT2D eigenvalue weighted by Crippen LogP contribution is -1.84. The largest absolute Gasteiger partial charge is 0.367 e. The molecule has 2 N–H and O–H groups in total. The van der Waals surface area contributed by atoms with Gasteiger partial charge in [-0.05, 0) is 16.7 Å². The third-order valence-electron chi connectivity index (χ3n) is 2.90. The summed E-state index contributed by atoms with van der Waals surface area (Å²) in [7, 11) is 0. The highest BCUT2D eigenvalue weighted by Gasteiger charge is 2.06. The van der Waals surface area contributed by atoms with E-state index in [1.165, 1.54) is 11.1 Å². The smallest absolute Gasteiger partial charge is 0.229 e. The molecule has 0 saturated heterocycles. The number of rotatable bonds is 2. The predicted molar refractivity (Wildman–Crippen MR) is 71.8 cm³/mol. The lowest BCUT2D eigenvalue weighted by atomic mass is 10.0. The Labute approximate surface area is 105 Å². The molecule has 3 rings (SSSR count). The third-order valence-corrected chi connectivity index (χ3v) is 2.90. The number of hydrogen-bond acceptors (Lipinski definition) is 3. The number of aromatic nitrogens is 1. The van der Waals surface area contributed by atoms with E-state index in [9.17, 15) is 0 Å². The summed E-state index contributed by atoms with van der Waals surface area (Å²) in [6.45, 7) is 0. The first-order valence-electron chi connectivity index (χ1n) is 5.70. The van der Waals surface area contributed by atoms with Crippen molar-refractivity contribution < 1.29 is 4.52 Å². The number of nitrogen functional groups attached to an aromatic ring is 1. The molecule has 3 heteroatoms. The molecule has 0 aliphatic rings. The van der Waals surface area contributed by atoms with E-state index in [0.29, 0.717) is 5.88 Å². The maximum Gasteiger partial charge on any atom is 0.229 e. The second-order valence-corrected chi connectivity index (χ2v) is 4.05. The lowest BCUT2D eigenvalue weighted by molar-refractivity contribution is 0.436. The minimum absolute atomic E-state index is 0.350. The van der Waals surface area contributed by atoms with Gasteiger partial charge in [0.25, 0.3) is 0 Å². The van der Waals surface area contributed by atoms with Crippen molar-refractivity contribution in [2.75, 3.05) is 5.73 Å². The molecule has 18 heavy (non-hydrogen) atoms. The van der Waals surface area contributed by atoms with Crippen LogP contribution in [-0.4, -0.2) is 5.16 Å². The summed E-state index contributed by atoms with van der Waals surface area (Å²) in [6.07, 6.45) is 1.63. The van der Waals surface area contributed by atoms with Gasteiger partial charge < -0.3 is 10.3 Å². The molecule has 0 bridgehead atoms. The van der Waals surface area contributed by atoms with Crippen molar-refractivity contribution in [3.8, 4) is 22.3 Å². The van der Waals surface area contributed by atoms with Crippen LogP contribution in [0, 0.1) is 0 Å². The van der Waals surface area contributed by atoms with Gasteiger partial charge in [0.05, 0.1) is 11.8 Å². The molecule has 1 heterocycles. The van der Waals surface area contributed by atoms with Crippen molar-refractivity contribution in [2.45, 2.75) is 0 Å². The fourth-order valence-corrected chi connectivity index (χ4v) is 1.94. The summed E-state index contributed by atoms with van der Waals surface area (Å²) < 4.78 is 4.86. The number of nitrogens with zero attached hydrogens (tertiary/aromatic N) is 1. The molecule has 0 unspecified atom stereocenters.